The van der Waals surface area contributed by atoms with Crippen LogP contribution in [0.25, 0.3) is 0 Å². The molecular formula is C19H27N3O4S. The fraction of sp³-hybridized carbons (Fsp3) is 0.579. The minimum Gasteiger partial charge on any atom is -0.354 e. The van der Waals surface area contributed by atoms with Gasteiger partial charge in [0, 0.05) is 30.7 Å². The molecule has 1 saturated carbocycles. The maximum absolute atomic E-state index is 13.0. The molecule has 1 aliphatic carbocycles. The van der Waals surface area contributed by atoms with E-state index >= 15 is 0 Å². The van der Waals surface area contributed by atoms with E-state index < -0.39 is 10.0 Å². The van der Waals surface area contributed by atoms with Crippen molar-refractivity contribution in [1.82, 2.24) is 14.5 Å². The monoisotopic (exact) mass is 393 g/mol. The number of carbonyl (C=O) groups excluding carboxylic acids is 2. The van der Waals surface area contributed by atoms with Crippen molar-refractivity contribution in [2.24, 2.45) is 0 Å². The molecule has 2 fully saturated rings. The fourth-order valence-electron chi connectivity index (χ4n) is 3.55. The summed E-state index contributed by atoms with van der Waals surface area (Å²) in [5, 5.41) is 2.61. The van der Waals surface area contributed by atoms with Crippen molar-refractivity contribution in [3.8, 4) is 0 Å². The molecule has 0 spiro atoms. The van der Waals surface area contributed by atoms with E-state index in [0.29, 0.717) is 18.2 Å². The van der Waals surface area contributed by atoms with Gasteiger partial charge < -0.3 is 10.2 Å². The molecule has 1 N–H and O–H groups in total. The number of rotatable bonds is 7. The zero-order valence-corrected chi connectivity index (χ0v) is 16.7. The van der Waals surface area contributed by atoms with Gasteiger partial charge in [0.1, 0.15) is 0 Å². The summed E-state index contributed by atoms with van der Waals surface area (Å²) < 4.78 is 26.6. The van der Waals surface area contributed by atoms with Gasteiger partial charge in [-0.3, -0.25) is 9.59 Å². The van der Waals surface area contributed by atoms with Crippen molar-refractivity contribution in [2.45, 2.75) is 56.5 Å². The third-order valence-electron chi connectivity index (χ3n) is 5.25. The zero-order valence-electron chi connectivity index (χ0n) is 15.8. The number of sulfonamides is 1. The molecular weight excluding hydrogens is 366 g/mol. The van der Waals surface area contributed by atoms with Crippen LogP contribution in [0.5, 0.6) is 0 Å². The van der Waals surface area contributed by atoms with Gasteiger partial charge >= 0.3 is 0 Å². The third kappa shape index (κ3) is 4.16. The molecule has 1 saturated heterocycles. The number of hydrogen-bond acceptors (Lipinski definition) is 4. The molecule has 148 valence electrons. The molecule has 8 heteroatoms. The number of carbonyl (C=O) groups is 2. The van der Waals surface area contributed by atoms with E-state index in [1.165, 1.54) is 16.4 Å². The van der Waals surface area contributed by atoms with Gasteiger partial charge in [0.05, 0.1) is 11.4 Å². The van der Waals surface area contributed by atoms with Gasteiger partial charge in [-0.25, -0.2) is 8.42 Å². The third-order valence-corrected chi connectivity index (χ3v) is 7.11. The minimum absolute atomic E-state index is 0.0347. The molecule has 27 heavy (non-hydrogen) atoms. The van der Waals surface area contributed by atoms with Crippen LogP contribution in [-0.4, -0.2) is 61.2 Å². The molecule has 0 atom stereocenters. The molecule has 3 rings (SSSR count). The van der Waals surface area contributed by atoms with E-state index in [1.807, 2.05) is 4.90 Å². The van der Waals surface area contributed by atoms with Crippen LogP contribution in [0.15, 0.2) is 29.2 Å². The van der Waals surface area contributed by atoms with Gasteiger partial charge in [-0.1, -0.05) is 13.8 Å². The molecule has 0 bridgehead atoms. The maximum atomic E-state index is 13.0. The lowest BCUT2D eigenvalue weighted by molar-refractivity contribution is -0.122. The Morgan fingerprint density at radius 2 is 1.85 bits per heavy atom. The lowest BCUT2D eigenvalue weighted by Crippen LogP contribution is -2.49. The molecule has 2 amide bonds. The van der Waals surface area contributed by atoms with Crippen LogP contribution >= 0.6 is 0 Å². The van der Waals surface area contributed by atoms with Gasteiger partial charge in [-0.2, -0.15) is 4.31 Å². The molecule has 0 unspecified atom stereocenters. The summed E-state index contributed by atoms with van der Waals surface area (Å²) in [5.74, 6) is -0.339. The molecule has 0 aromatic heterocycles. The molecule has 1 heterocycles. The van der Waals surface area contributed by atoms with Crippen molar-refractivity contribution < 1.29 is 18.0 Å². The zero-order chi connectivity index (χ0) is 19.6. The first-order chi connectivity index (χ1) is 12.9. The van der Waals surface area contributed by atoms with Gasteiger partial charge in [0.25, 0.3) is 5.91 Å². The number of amides is 2. The summed E-state index contributed by atoms with van der Waals surface area (Å²) in [7, 11) is -3.74. The molecule has 0 radical (unpaired) electrons. The van der Waals surface area contributed by atoms with Gasteiger partial charge in [0.2, 0.25) is 15.9 Å². The van der Waals surface area contributed by atoms with Crippen molar-refractivity contribution >= 4 is 21.8 Å². The highest BCUT2D eigenvalue weighted by Gasteiger charge is 2.36. The Labute approximate surface area is 160 Å². The highest BCUT2D eigenvalue weighted by molar-refractivity contribution is 7.89. The van der Waals surface area contributed by atoms with Crippen LogP contribution in [0.1, 0.15) is 49.9 Å². The van der Waals surface area contributed by atoms with Crippen molar-refractivity contribution in [3.05, 3.63) is 29.8 Å². The highest BCUT2D eigenvalue weighted by atomic mass is 32.2. The summed E-state index contributed by atoms with van der Waals surface area (Å²) in [6, 6.07) is 6.60. The summed E-state index contributed by atoms with van der Waals surface area (Å²) in [4.78, 5) is 26.6. The van der Waals surface area contributed by atoms with Crippen LogP contribution in [-0.2, 0) is 14.8 Å². The van der Waals surface area contributed by atoms with E-state index in [-0.39, 0.29) is 35.8 Å². The first kappa shape index (κ1) is 19.8. The minimum atomic E-state index is -3.74. The standard InChI is InChI=1S/C19H27N3O4S/c1-3-15(4-2)22(16-7-8-16)19(24)14-5-9-17(10-6-14)27(25,26)21-12-11-20-18(23)13-21/h5-6,9-10,15-16H,3-4,7-8,11-13H2,1-2H3,(H,20,23). The van der Waals surface area contributed by atoms with Gasteiger partial charge in [-0.05, 0) is 49.9 Å². The summed E-state index contributed by atoms with van der Waals surface area (Å²) in [5.41, 5.74) is 0.504. The maximum Gasteiger partial charge on any atom is 0.254 e. The molecule has 1 aromatic rings. The second-order valence-corrected chi connectivity index (χ2v) is 9.06. The average molecular weight is 394 g/mol. The molecule has 7 nitrogen and oxygen atoms in total. The number of hydrogen-bond donors (Lipinski definition) is 1. The topological polar surface area (TPSA) is 86.8 Å². The predicted molar refractivity (Wildman–Crippen MR) is 102 cm³/mol. The number of benzene rings is 1. The Morgan fingerprint density at radius 1 is 1.22 bits per heavy atom. The van der Waals surface area contributed by atoms with E-state index in [9.17, 15) is 18.0 Å². The van der Waals surface area contributed by atoms with Crippen LogP contribution in [0, 0.1) is 0 Å². The van der Waals surface area contributed by atoms with Gasteiger partial charge in [-0.15, -0.1) is 0 Å². The molecule has 1 aromatic carbocycles. The first-order valence-corrected chi connectivity index (χ1v) is 11.0. The molecule has 1 aliphatic heterocycles. The van der Waals surface area contributed by atoms with E-state index in [1.54, 1.807) is 12.1 Å². The predicted octanol–water partition coefficient (Wildman–Crippen LogP) is 1.60. The second kappa shape index (κ2) is 7.98. The van der Waals surface area contributed by atoms with Crippen molar-refractivity contribution in [2.75, 3.05) is 19.6 Å². The van der Waals surface area contributed by atoms with Crippen LogP contribution in [0.4, 0.5) is 0 Å². The summed E-state index contributed by atoms with van der Waals surface area (Å²) in [6.45, 7) is 4.55. The van der Waals surface area contributed by atoms with Crippen LogP contribution < -0.4 is 5.32 Å². The van der Waals surface area contributed by atoms with Crippen molar-refractivity contribution in [1.29, 1.82) is 0 Å². The van der Waals surface area contributed by atoms with Crippen molar-refractivity contribution in [3.63, 3.8) is 0 Å². The smallest absolute Gasteiger partial charge is 0.254 e. The molecule has 2 aliphatic rings. The highest BCUT2D eigenvalue weighted by Crippen LogP contribution is 2.32. The number of piperazine rings is 1. The summed E-state index contributed by atoms with van der Waals surface area (Å²) in [6.07, 6.45) is 3.88. The Balaban J connectivity index is 1.80. The normalized spacial score (nSPS) is 18.4. The average Bonchev–Trinajstić information content (AvgIpc) is 3.50. The Morgan fingerprint density at radius 3 is 2.37 bits per heavy atom. The summed E-state index contributed by atoms with van der Waals surface area (Å²) >= 11 is 0. The second-order valence-electron chi connectivity index (χ2n) is 7.13. The Hall–Kier alpha value is -1.93. The van der Waals surface area contributed by atoms with E-state index in [0.717, 1.165) is 25.7 Å². The SMILES string of the molecule is CCC(CC)N(C(=O)c1ccc(S(=O)(=O)N2CCNC(=O)C2)cc1)C1CC1. The number of nitrogens with one attached hydrogen (secondary N) is 1. The largest absolute Gasteiger partial charge is 0.354 e. The lowest BCUT2D eigenvalue weighted by atomic mass is 10.1. The first-order valence-electron chi connectivity index (χ1n) is 9.58. The number of nitrogens with zero attached hydrogens (tertiary/aromatic N) is 2. The quantitative estimate of drug-likeness (QED) is 0.762. The van der Waals surface area contributed by atoms with Gasteiger partial charge in [0.15, 0.2) is 0 Å². The van der Waals surface area contributed by atoms with Crippen LogP contribution in [0.3, 0.4) is 0 Å². The van der Waals surface area contributed by atoms with E-state index in [2.05, 4.69) is 19.2 Å². The Kier molecular flexibility index (Phi) is 5.86. The fourth-order valence-corrected chi connectivity index (χ4v) is 4.95. The van der Waals surface area contributed by atoms with E-state index in [4.69, 9.17) is 0 Å². The van der Waals surface area contributed by atoms with Crippen LogP contribution in [0.2, 0.25) is 0 Å². The Bertz CT molecular complexity index is 799. The lowest BCUT2D eigenvalue weighted by Gasteiger charge is -2.31.